The number of carbonyl (C=O) groups excluding carboxylic acids is 2. The first kappa shape index (κ1) is 28.5. The van der Waals surface area contributed by atoms with Crippen LogP contribution in [0.25, 0.3) is 11.1 Å². The van der Waals surface area contributed by atoms with Crippen molar-refractivity contribution < 1.29 is 28.2 Å². The summed E-state index contributed by atoms with van der Waals surface area (Å²) in [6.45, 7) is 7.78. The molecule has 0 radical (unpaired) electrons. The first-order chi connectivity index (χ1) is 18.8. The van der Waals surface area contributed by atoms with Crippen molar-refractivity contribution in [3.63, 3.8) is 0 Å². The van der Waals surface area contributed by atoms with Crippen LogP contribution in [-0.4, -0.2) is 31.3 Å². The van der Waals surface area contributed by atoms with Crippen LogP contribution in [0.2, 0.25) is 0 Å². The predicted octanol–water partition coefficient (Wildman–Crippen LogP) is 7.81. The molecular weight excluding hydrogens is 495 g/mol. The normalized spacial score (nSPS) is 14.8. The second-order valence-electron chi connectivity index (χ2n) is 10.9. The largest absolute Gasteiger partial charge is 0.459 e. The first-order valence-corrected chi connectivity index (χ1v) is 13.8. The maximum absolute atomic E-state index is 14.6. The van der Waals surface area contributed by atoms with Crippen LogP contribution in [0.3, 0.4) is 0 Å². The van der Waals surface area contributed by atoms with E-state index in [1.807, 2.05) is 19.1 Å². The Morgan fingerprint density at radius 3 is 2.18 bits per heavy atom. The van der Waals surface area contributed by atoms with E-state index < -0.39 is 17.8 Å². The molecule has 39 heavy (non-hydrogen) atoms. The predicted molar refractivity (Wildman–Crippen MR) is 150 cm³/mol. The van der Waals surface area contributed by atoms with Gasteiger partial charge < -0.3 is 14.2 Å². The lowest BCUT2D eigenvalue weighted by Gasteiger charge is -2.38. The molecule has 4 rings (SSSR count). The molecule has 0 N–H and O–H groups in total. The van der Waals surface area contributed by atoms with Crippen molar-refractivity contribution in [3.8, 4) is 16.9 Å². The van der Waals surface area contributed by atoms with Crippen molar-refractivity contribution in [2.45, 2.75) is 65.4 Å². The molecule has 1 aliphatic heterocycles. The topological polar surface area (TPSA) is 61.8 Å². The third-order valence-electron chi connectivity index (χ3n) is 7.08. The maximum atomic E-state index is 14.6. The Morgan fingerprint density at radius 2 is 1.59 bits per heavy atom. The van der Waals surface area contributed by atoms with Crippen molar-refractivity contribution in [2.24, 2.45) is 5.41 Å². The summed E-state index contributed by atoms with van der Waals surface area (Å²) >= 11 is 0. The van der Waals surface area contributed by atoms with Crippen LogP contribution in [0.5, 0.6) is 5.75 Å². The van der Waals surface area contributed by atoms with Gasteiger partial charge in [0, 0.05) is 11.5 Å². The quantitative estimate of drug-likeness (QED) is 0.135. The van der Waals surface area contributed by atoms with Gasteiger partial charge >= 0.3 is 11.9 Å². The van der Waals surface area contributed by atoms with E-state index in [9.17, 15) is 14.0 Å². The van der Waals surface area contributed by atoms with Crippen molar-refractivity contribution in [1.29, 1.82) is 0 Å². The van der Waals surface area contributed by atoms with Gasteiger partial charge in [0.2, 0.25) is 0 Å². The summed E-state index contributed by atoms with van der Waals surface area (Å²) in [5.41, 5.74) is 3.68. The Bertz CT molecular complexity index is 1260. The van der Waals surface area contributed by atoms with Crippen LogP contribution < -0.4 is 4.74 Å². The van der Waals surface area contributed by atoms with Crippen LogP contribution in [0.1, 0.15) is 79.2 Å². The molecule has 3 aromatic carbocycles. The number of hydrogen-bond donors (Lipinski definition) is 0. The molecule has 0 bridgehead atoms. The van der Waals surface area contributed by atoms with Gasteiger partial charge in [-0.15, -0.1) is 0 Å². The number of benzene rings is 3. The van der Waals surface area contributed by atoms with E-state index in [-0.39, 0.29) is 22.8 Å². The van der Waals surface area contributed by atoms with Gasteiger partial charge in [-0.2, -0.15) is 0 Å². The first-order valence-electron chi connectivity index (χ1n) is 13.8. The summed E-state index contributed by atoms with van der Waals surface area (Å²) in [6, 6.07) is 19.2. The molecule has 3 aromatic rings. The second-order valence-corrected chi connectivity index (χ2v) is 10.9. The molecule has 1 heterocycles. The standard InChI is InChI=1S/C33H37FO5/c1-4-5-6-7-8-23(2)38-32(36)29-18-17-28(19-30(29)34)39-31(35)27-15-13-26(14-16-27)25-11-9-24(10-12-25)20-33(3)21-37-22-33/h9-19,23H,4-8,20-22H2,1-3H3. The molecule has 5 nitrogen and oxygen atoms in total. The zero-order valence-corrected chi connectivity index (χ0v) is 23.0. The number of rotatable bonds is 12. The SMILES string of the molecule is CCCCCCC(C)OC(=O)c1ccc(OC(=O)c2ccc(-c3ccc(CC4(C)COC4)cc3)cc2)cc1F. The van der Waals surface area contributed by atoms with Crippen LogP contribution in [0.4, 0.5) is 4.39 Å². The lowest BCUT2D eigenvalue weighted by Crippen LogP contribution is -2.41. The molecule has 1 unspecified atom stereocenters. The van der Waals surface area contributed by atoms with Crippen molar-refractivity contribution in [3.05, 3.63) is 89.2 Å². The molecule has 206 valence electrons. The smallest absolute Gasteiger partial charge is 0.343 e. The van der Waals surface area contributed by atoms with Gasteiger partial charge in [0.1, 0.15) is 11.6 Å². The number of hydrogen-bond acceptors (Lipinski definition) is 5. The number of ether oxygens (including phenoxy) is 3. The molecule has 1 atom stereocenters. The fourth-order valence-corrected chi connectivity index (χ4v) is 4.71. The highest BCUT2D eigenvalue weighted by Gasteiger charge is 2.33. The summed E-state index contributed by atoms with van der Waals surface area (Å²) < 4.78 is 30.7. The summed E-state index contributed by atoms with van der Waals surface area (Å²) in [6.07, 6.45) is 5.75. The monoisotopic (exact) mass is 532 g/mol. The lowest BCUT2D eigenvalue weighted by molar-refractivity contribution is -0.100. The molecule has 1 fully saturated rings. The summed E-state index contributed by atoms with van der Waals surface area (Å²) in [5, 5.41) is 0. The van der Waals surface area contributed by atoms with Gasteiger partial charge in [0.05, 0.1) is 30.4 Å². The average Bonchev–Trinajstić information content (AvgIpc) is 2.91. The highest BCUT2D eigenvalue weighted by molar-refractivity contribution is 5.92. The molecule has 0 amide bonds. The Balaban J connectivity index is 1.31. The third-order valence-corrected chi connectivity index (χ3v) is 7.08. The molecule has 0 spiro atoms. The minimum Gasteiger partial charge on any atom is -0.459 e. The fourth-order valence-electron chi connectivity index (χ4n) is 4.71. The number of esters is 2. The van der Waals surface area contributed by atoms with E-state index in [4.69, 9.17) is 14.2 Å². The molecule has 1 aliphatic rings. The van der Waals surface area contributed by atoms with Gasteiger partial charge in [0.25, 0.3) is 0 Å². The van der Waals surface area contributed by atoms with E-state index in [1.54, 1.807) is 12.1 Å². The maximum Gasteiger partial charge on any atom is 0.343 e. The lowest BCUT2D eigenvalue weighted by atomic mass is 9.82. The van der Waals surface area contributed by atoms with E-state index in [0.717, 1.165) is 68.9 Å². The number of carbonyl (C=O) groups is 2. The van der Waals surface area contributed by atoms with Crippen LogP contribution in [0, 0.1) is 11.2 Å². The van der Waals surface area contributed by atoms with E-state index >= 15 is 0 Å². The second kappa shape index (κ2) is 13.0. The minimum absolute atomic E-state index is 0.0203. The highest BCUT2D eigenvalue weighted by Crippen LogP contribution is 2.31. The molecule has 6 heteroatoms. The number of halogens is 1. The zero-order valence-electron chi connectivity index (χ0n) is 23.0. The van der Waals surface area contributed by atoms with Gasteiger partial charge in [0.15, 0.2) is 0 Å². The summed E-state index contributed by atoms with van der Waals surface area (Å²) in [5.74, 6) is -2.10. The average molecular weight is 533 g/mol. The Labute approximate surface area is 230 Å². The van der Waals surface area contributed by atoms with Crippen LogP contribution in [0.15, 0.2) is 66.7 Å². The zero-order chi connectivity index (χ0) is 27.8. The van der Waals surface area contributed by atoms with Gasteiger partial charge in [-0.25, -0.2) is 14.0 Å². The van der Waals surface area contributed by atoms with E-state index in [0.29, 0.717) is 5.56 Å². The third kappa shape index (κ3) is 7.76. The van der Waals surface area contributed by atoms with Crippen molar-refractivity contribution >= 4 is 11.9 Å². The Hall–Kier alpha value is -3.51. The van der Waals surface area contributed by atoms with E-state index in [2.05, 4.69) is 38.1 Å². The molecule has 0 saturated carbocycles. The van der Waals surface area contributed by atoms with Gasteiger partial charge in [-0.3, -0.25) is 0 Å². The Morgan fingerprint density at radius 1 is 0.923 bits per heavy atom. The van der Waals surface area contributed by atoms with Crippen LogP contribution in [-0.2, 0) is 15.9 Å². The Kier molecular flexibility index (Phi) is 9.52. The van der Waals surface area contributed by atoms with E-state index in [1.165, 1.54) is 17.7 Å². The van der Waals surface area contributed by atoms with Crippen LogP contribution >= 0.6 is 0 Å². The molecule has 1 saturated heterocycles. The molecule has 0 aliphatic carbocycles. The molecular formula is C33H37FO5. The minimum atomic E-state index is -0.791. The van der Waals surface area contributed by atoms with Crippen molar-refractivity contribution in [1.82, 2.24) is 0 Å². The highest BCUT2D eigenvalue weighted by atomic mass is 19.1. The summed E-state index contributed by atoms with van der Waals surface area (Å²) in [7, 11) is 0. The van der Waals surface area contributed by atoms with Gasteiger partial charge in [-0.05, 0) is 67.1 Å². The number of unbranched alkanes of at least 4 members (excludes halogenated alkanes) is 3. The van der Waals surface area contributed by atoms with Gasteiger partial charge in [-0.1, -0.05) is 69.5 Å². The van der Waals surface area contributed by atoms with Crippen molar-refractivity contribution in [2.75, 3.05) is 13.2 Å². The molecule has 0 aromatic heterocycles. The summed E-state index contributed by atoms with van der Waals surface area (Å²) in [4.78, 5) is 25.0. The fraction of sp³-hybridized carbons (Fsp3) is 0.394.